The molecule has 0 spiro atoms. The number of hydrogen-bond donors (Lipinski definition) is 2. The first-order chi connectivity index (χ1) is 16.9. The van der Waals surface area contributed by atoms with Gasteiger partial charge in [0.15, 0.2) is 6.61 Å². The van der Waals surface area contributed by atoms with Crippen LogP contribution >= 0.6 is 0 Å². The van der Waals surface area contributed by atoms with Crippen molar-refractivity contribution in [3.8, 4) is 5.75 Å². The summed E-state index contributed by atoms with van der Waals surface area (Å²) >= 11 is 0. The second-order valence-electron chi connectivity index (χ2n) is 8.14. The highest BCUT2D eigenvalue weighted by Gasteiger charge is 2.45. The molecule has 0 bridgehead atoms. The predicted molar refractivity (Wildman–Crippen MR) is 129 cm³/mol. The number of amides is 2. The maximum Gasteiger partial charge on any atom is 0.310 e. The monoisotopic (exact) mass is 476 g/mol. The van der Waals surface area contributed by atoms with Gasteiger partial charge in [-0.3, -0.25) is 14.4 Å². The van der Waals surface area contributed by atoms with E-state index in [2.05, 4.69) is 10.6 Å². The van der Waals surface area contributed by atoms with Gasteiger partial charge in [-0.05, 0) is 85.5 Å². The molecule has 35 heavy (non-hydrogen) atoms. The molecule has 2 atom stereocenters. The molecule has 1 aliphatic carbocycles. The van der Waals surface area contributed by atoms with Gasteiger partial charge in [-0.1, -0.05) is 12.1 Å². The lowest BCUT2D eigenvalue weighted by Gasteiger charge is -2.09. The van der Waals surface area contributed by atoms with E-state index in [0.29, 0.717) is 30.0 Å². The molecule has 2 unspecified atom stereocenters. The first-order valence-corrected chi connectivity index (χ1v) is 11.3. The first kappa shape index (κ1) is 23.9. The van der Waals surface area contributed by atoms with Gasteiger partial charge in [0.05, 0.1) is 12.5 Å². The molecular formula is C27H25FN2O5. The summed E-state index contributed by atoms with van der Waals surface area (Å²) in [5.74, 6) is -1.15. The van der Waals surface area contributed by atoms with Crippen molar-refractivity contribution < 1.29 is 28.2 Å². The Morgan fingerprint density at radius 3 is 2.17 bits per heavy atom. The third-order valence-corrected chi connectivity index (χ3v) is 5.59. The molecule has 0 heterocycles. The number of ether oxygens (including phenoxy) is 2. The van der Waals surface area contributed by atoms with Gasteiger partial charge in [0.1, 0.15) is 11.6 Å². The van der Waals surface area contributed by atoms with Crippen LogP contribution in [0, 0.1) is 11.7 Å². The van der Waals surface area contributed by atoms with Crippen LogP contribution in [0.4, 0.5) is 15.8 Å². The summed E-state index contributed by atoms with van der Waals surface area (Å²) in [5.41, 5.74) is 2.41. The van der Waals surface area contributed by atoms with E-state index < -0.39 is 18.5 Å². The summed E-state index contributed by atoms with van der Waals surface area (Å²) in [6.45, 7) is 2.05. The zero-order valence-corrected chi connectivity index (χ0v) is 19.1. The van der Waals surface area contributed by atoms with E-state index >= 15 is 0 Å². The van der Waals surface area contributed by atoms with Crippen LogP contribution < -0.4 is 15.4 Å². The highest BCUT2D eigenvalue weighted by molar-refractivity contribution is 6.04. The fraction of sp³-hybridized carbons (Fsp3) is 0.222. The lowest BCUT2D eigenvalue weighted by atomic mass is 10.1. The standard InChI is InChI=1S/C27H25FN2O5/c1-2-34-22-13-11-21(12-14-22)30-26(32)18-5-9-20(10-6-18)29-25(31)16-35-27(33)24-15-23(24)17-3-7-19(28)8-4-17/h3-14,23-24H,2,15-16H2,1H3,(H,29,31)(H,30,32). The van der Waals surface area contributed by atoms with Gasteiger partial charge in [-0.25, -0.2) is 4.39 Å². The Labute approximate surface area is 202 Å². The topological polar surface area (TPSA) is 93.7 Å². The number of hydrogen-bond acceptors (Lipinski definition) is 5. The number of esters is 1. The number of halogens is 1. The quantitative estimate of drug-likeness (QED) is 0.434. The lowest BCUT2D eigenvalue weighted by Crippen LogP contribution is -2.21. The number of carbonyl (C=O) groups is 3. The lowest BCUT2D eigenvalue weighted by molar-refractivity contribution is -0.148. The fourth-order valence-corrected chi connectivity index (χ4v) is 3.68. The van der Waals surface area contributed by atoms with Crippen LogP contribution in [-0.2, 0) is 14.3 Å². The molecule has 3 aromatic carbocycles. The van der Waals surface area contributed by atoms with Crippen LogP contribution in [0.5, 0.6) is 5.75 Å². The third-order valence-electron chi connectivity index (χ3n) is 5.59. The number of anilines is 2. The maximum atomic E-state index is 13.0. The van der Waals surface area contributed by atoms with E-state index in [0.717, 1.165) is 11.3 Å². The Bertz CT molecular complexity index is 1190. The average Bonchev–Trinajstić information content (AvgIpc) is 3.66. The average molecular weight is 477 g/mol. The van der Waals surface area contributed by atoms with E-state index in [9.17, 15) is 18.8 Å². The zero-order valence-electron chi connectivity index (χ0n) is 19.1. The molecular weight excluding hydrogens is 451 g/mol. The fourth-order valence-electron chi connectivity index (χ4n) is 3.68. The van der Waals surface area contributed by atoms with Crippen molar-refractivity contribution >= 4 is 29.2 Å². The Kier molecular flexibility index (Phi) is 7.40. The maximum absolute atomic E-state index is 13.0. The Balaban J connectivity index is 1.21. The predicted octanol–water partition coefficient (Wildman–Crippen LogP) is 4.76. The van der Waals surface area contributed by atoms with Gasteiger partial charge in [0, 0.05) is 16.9 Å². The number of nitrogens with one attached hydrogen (secondary N) is 2. The van der Waals surface area contributed by atoms with Gasteiger partial charge in [-0.2, -0.15) is 0 Å². The van der Waals surface area contributed by atoms with Crippen molar-refractivity contribution in [2.24, 2.45) is 5.92 Å². The Hall–Kier alpha value is -4.20. The SMILES string of the molecule is CCOc1ccc(NC(=O)c2ccc(NC(=O)COC(=O)C3CC3c3ccc(F)cc3)cc2)cc1. The zero-order chi connectivity index (χ0) is 24.8. The minimum atomic E-state index is -0.482. The van der Waals surface area contributed by atoms with Gasteiger partial charge in [0.25, 0.3) is 11.8 Å². The molecule has 180 valence electrons. The van der Waals surface area contributed by atoms with Crippen molar-refractivity contribution in [1.82, 2.24) is 0 Å². The van der Waals surface area contributed by atoms with Crippen molar-refractivity contribution in [3.05, 3.63) is 89.7 Å². The van der Waals surface area contributed by atoms with E-state index in [1.165, 1.54) is 12.1 Å². The normalized spacial score (nSPS) is 16.2. The van der Waals surface area contributed by atoms with Gasteiger partial charge < -0.3 is 20.1 Å². The summed E-state index contributed by atoms with van der Waals surface area (Å²) in [4.78, 5) is 36.8. The molecule has 1 fully saturated rings. The molecule has 3 aromatic rings. The van der Waals surface area contributed by atoms with E-state index in [-0.39, 0.29) is 23.6 Å². The second-order valence-corrected chi connectivity index (χ2v) is 8.14. The second kappa shape index (κ2) is 10.8. The molecule has 1 saturated carbocycles. The largest absolute Gasteiger partial charge is 0.494 e. The number of benzene rings is 3. The molecule has 0 radical (unpaired) electrons. The molecule has 1 aliphatic rings. The van der Waals surface area contributed by atoms with Crippen LogP contribution in [-0.4, -0.2) is 31.0 Å². The Morgan fingerprint density at radius 1 is 0.886 bits per heavy atom. The van der Waals surface area contributed by atoms with Crippen molar-refractivity contribution in [2.45, 2.75) is 19.3 Å². The number of carbonyl (C=O) groups excluding carboxylic acids is 3. The molecule has 7 nitrogen and oxygen atoms in total. The summed E-state index contributed by atoms with van der Waals surface area (Å²) in [7, 11) is 0. The molecule has 2 amide bonds. The highest BCUT2D eigenvalue weighted by Crippen LogP contribution is 2.48. The van der Waals surface area contributed by atoms with Crippen molar-refractivity contribution in [3.63, 3.8) is 0 Å². The summed E-state index contributed by atoms with van der Waals surface area (Å²) in [6.07, 6.45) is 0.617. The van der Waals surface area contributed by atoms with Crippen LogP contribution in [0.1, 0.15) is 35.2 Å². The molecule has 8 heteroatoms. The van der Waals surface area contributed by atoms with E-state index in [1.807, 2.05) is 6.92 Å². The minimum absolute atomic E-state index is 0.00698. The van der Waals surface area contributed by atoms with Gasteiger partial charge in [-0.15, -0.1) is 0 Å². The molecule has 2 N–H and O–H groups in total. The van der Waals surface area contributed by atoms with Gasteiger partial charge >= 0.3 is 5.97 Å². The minimum Gasteiger partial charge on any atom is -0.494 e. The smallest absolute Gasteiger partial charge is 0.310 e. The summed E-state index contributed by atoms with van der Waals surface area (Å²) in [5, 5.41) is 5.43. The summed E-state index contributed by atoms with van der Waals surface area (Å²) < 4.78 is 23.5. The number of rotatable bonds is 9. The van der Waals surface area contributed by atoms with Crippen molar-refractivity contribution in [2.75, 3.05) is 23.8 Å². The molecule has 0 saturated heterocycles. The van der Waals surface area contributed by atoms with Crippen LogP contribution in [0.25, 0.3) is 0 Å². The molecule has 4 rings (SSSR count). The molecule has 0 aliphatic heterocycles. The van der Waals surface area contributed by atoms with Gasteiger partial charge in [0.2, 0.25) is 0 Å². The van der Waals surface area contributed by atoms with Crippen LogP contribution in [0.3, 0.4) is 0 Å². The van der Waals surface area contributed by atoms with Crippen molar-refractivity contribution in [1.29, 1.82) is 0 Å². The van der Waals surface area contributed by atoms with E-state index in [4.69, 9.17) is 9.47 Å². The first-order valence-electron chi connectivity index (χ1n) is 11.3. The van der Waals surface area contributed by atoms with Crippen LogP contribution in [0.15, 0.2) is 72.8 Å². The Morgan fingerprint density at radius 2 is 1.51 bits per heavy atom. The highest BCUT2D eigenvalue weighted by atomic mass is 19.1. The summed E-state index contributed by atoms with van der Waals surface area (Å²) in [6, 6.07) is 19.4. The van der Waals surface area contributed by atoms with Crippen LogP contribution in [0.2, 0.25) is 0 Å². The third kappa shape index (κ3) is 6.44. The van der Waals surface area contributed by atoms with E-state index in [1.54, 1.807) is 60.7 Å². The molecule has 0 aromatic heterocycles.